The number of H-pyrrole nitrogens is 1. The Hall–Kier alpha value is -3.76. The number of nitrogens with zero attached hydrogens (tertiary/aromatic N) is 2. The maximum Gasteiger partial charge on any atom is 0.414 e. The molecule has 3 aliphatic rings. The van der Waals surface area contributed by atoms with Gasteiger partial charge in [0.1, 0.15) is 37.3 Å². The topological polar surface area (TPSA) is 113 Å². The van der Waals surface area contributed by atoms with E-state index in [-0.39, 0.29) is 30.6 Å². The first kappa shape index (κ1) is 23.0. The number of hydrogen-bond donors (Lipinski definition) is 2. The lowest BCUT2D eigenvalue weighted by atomic mass is 10.1. The monoisotopic (exact) mass is 498 g/mol. The van der Waals surface area contributed by atoms with E-state index in [4.69, 9.17) is 25.8 Å². The van der Waals surface area contributed by atoms with Crippen LogP contribution in [0.3, 0.4) is 0 Å². The van der Waals surface area contributed by atoms with Gasteiger partial charge in [-0.1, -0.05) is 11.6 Å². The summed E-state index contributed by atoms with van der Waals surface area (Å²) < 4.78 is 15.9. The standard InChI is InChI=1S/C14H14N2O5.C10H9ClN2O/c17-13-8-19-4-3-15(13)9-1-2-11-12(5-9)20-6-10-7-21-14(18)16(10)11;1-12-10(14)9-5-6-4-7(11)2-3-8(6)13-9/h1-2,5,10H,3-4,6-8H2;2-5,13H,1H3,(H,12,14). The second-order valence-electron chi connectivity index (χ2n) is 8.16. The summed E-state index contributed by atoms with van der Waals surface area (Å²) >= 11 is 5.83. The summed E-state index contributed by atoms with van der Waals surface area (Å²) in [7, 11) is 1.60. The number of rotatable bonds is 2. The predicted octanol–water partition coefficient (Wildman–Crippen LogP) is 2.95. The molecule has 0 bridgehead atoms. The first-order valence-corrected chi connectivity index (χ1v) is 11.4. The minimum atomic E-state index is -0.347. The molecule has 2 aromatic carbocycles. The van der Waals surface area contributed by atoms with Crippen LogP contribution in [0.15, 0.2) is 42.5 Å². The number of halogens is 1. The van der Waals surface area contributed by atoms with E-state index >= 15 is 0 Å². The number of fused-ring (bicyclic) bond motifs is 4. The number of carbonyl (C=O) groups is 3. The van der Waals surface area contributed by atoms with E-state index in [0.29, 0.717) is 48.5 Å². The number of hydrogen-bond acceptors (Lipinski definition) is 6. The second kappa shape index (κ2) is 9.47. The number of aromatic amines is 1. The molecule has 0 aliphatic carbocycles. The van der Waals surface area contributed by atoms with Gasteiger partial charge in [0.2, 0.25) is 0 Å². The Bertz CT molecular complexity index is 1310. The molecule has 1 atom stereocenters. The smallest absolute Gasteiger partial charge is 0.414 e. The van der Waals surface area contributed by atoms with Crippen LogP contribution in [0, 0.1) is 0 Å². The van der Waals surface area contributed by atoms with Crippen molar-refractivity contribution in [1.29, 1.82) is 0 Å². The predicted molar refractivity (Wildman–Crippen MR) is 129 cm³/mol. The largest absolute Gasteiger partial charge is 0.489 e. The fourth-order valence-corrected chi connectivity index (χ4v) is 4.38. The van der Waals surface area contributed by atoms with Crippen molar-refractivity contribution in [2.24, 2.45) is 0 Å². The number of amides is 3. The third kappa shape index (κ3) is 4.50. The number of nitrogens with one attached hydrogen (secondary N) is 2. The average molecular weight is 499 g/mol. The van der Waals surface area contributed by atoms with Crippen LogP contribution < -0.4 is 19.9 Å². The van der Waals surface area contributed by atoms with Gasteiger partial charge >= 0.3 is 6.09 Å². The van der Waals surface area contributed by atoms with Crippen LogP contribution in [0.1, 0.15) is 10.5 Å². The summed E-state index contributed by atoms with van der Waals surface area (Å²) in [5.74, 6) is 0.398. The van der Waals surface area contributed by atoms with Crippen molar-refractivity contribution in [3.63, 3.8) is 0 Å². The highest BCUT2D eigenvalue weighted by Gasteiger charge is 2.39. The minimum absolute atomic E-state index is 0.0686. The van der Waals surface area contributed by atoms with Crippen LogP contribution in [-0.2, 0) is 14.3 Å². The van der Waals surface area contributed by atoms with Crippen molar-refractivity contribution in [1.82, 2.24) is 10.3 Å². The molecule has 0 saturated carbocycles. The zero-order valence-electron chi connectivity index (χ0n) is 18.9. The Kier molecular flexibility index (Phi) is 6.23. The van der Waals surface area contributed by atoms with Gasteiger partial charge in [-0.2, -0.15) is 0 Å². The minimum Gasteiger partial charge on any atom is -0.489 e. The van der Waals surface area contributed by atoms with Gasteiger partial charge in [0.15, 0.2) is 0 Å². The first-order chi connectivity index (χ1) is 16.9. The number of anilines is 2. The summed E-state index contributed by atoms with van der Waals surface area (Å²) in [6.07, 6.45) is -0.347. The molecule has 182 valence electrons. The Morgan fingerprint density at radius 3 is 2.74 bits per heavy atom. The lowest BCUT2D eigenvalue weighted by Gasteiger charge is -2.31. The van der Waals surface area contributed by atoms with E-state index in [0.717, 1.165) is 16.6 Å². The van der Waals surface area contributed by atoms with Crippen LogP contribution in [0.25, 0.3) is 10.9 Å². The zero-order valence-corrected chi connectivity index (χ0v) is 19.6. The van der Waals surface area contributed by atoms with Gasteiger partial charge in [-0.25, -0.2) is 4.79 Å². The number of benzene rings is 2. The molecule has 10 nitrogen and oxygen atoms in total. The van der Waals surface area contributed by atoms with E-state index in [1.54, 1.807) is 41.1 Å². The zero-order chi connectivity index (χ0) is 24.5. The number of cyclic esters (lactones) is 1. The van der Waals surface area contributed by atoms with E-state index in [1.165, 1.54) is 0 Å². The number of morpholine rings is 1. The van der Waals surface area contributed by atoms with Crippen molar-refractivity contribution >= 4 is 51.8 Å². The maximum atomic E-state index is 11.9. The Morgan fingerprint density at radius 2 is 1.94 bits per heavy atom. The molecular weight excluding hydrogens is 476 g/mol. The Morgan fingerprint density at radius 1 is 1.11 bits per heavy atom. The van der Waals surface area contributed by atoms with Gasteiger partial charge < -0.3 is 29.4 Å². The van der Waals surface area contributed by atoms with Gasteiger partial charge in [0, 0.05) is 41.3 Å². The molecule has 2 fully saturated rings. The molecule has 1 aromatic heterocycles. The molecule has 3 amide bonds. The number of carbonyl (C=O) groups excluding carboxylic acids is 3. The molecule has 3 aromatic rings. The molecule has 2 N–H and O–H groups in total. The van der Waals surface area contributed by atoms with Gasteiger partial charge in [-0.05, 0) is 36.4 Å². The lowest BCUT2D eigenvalue weighted by Crippen LogP contribution is -2.43. The highest BCUT2D eigenvalue weighted by atomic mass is 35.5. The average Bonchev–Trinajstić information content (AvgIpc) is 3.47. The summed E-state index contributed by atoms with van der Waals surface area (Å²) in [6, 6.07) is 12.6. The normalized spacial score (nSPS) is 18.7. The fraction of sp³-hybridized carbons (Fsp3) is 0.292. The molecule has 0 spiro atoms. The molecule has 35 heavy (non-hydrogen) atoms. The first-order valence-electron chi connectivity index (χ1n) is 11.1. The highest BCUT2D eigenvalue weighted by Crippen LogP contribution is 2.39. The SMILES string of the molecule is CNC(=O)c1cc2cc(Cl)ccc2[nH]1.O=C1COCCN1c1ccc2c(c1)OCC1COC(=O)N21. The van der Waals surface area contributed by atoms with Crippen LogP contribution in [0.5, 0.6) is 5.75 Å². The number of ether oxygens (including phenoxy) is 3. The molecule has 6 rings (SSSR count). The van der Waals surface area contributed by atoms with Crippen LogP contribution in [0.2, 0.25) is 5.02 Å². The Labute approximate surface area is 205 Å². The summed E-state index contributed by atoms with van der Waals surface area (Å²) in [6.45, 7) is 1.88. The summed E-state index contributed by atoms with van der Waals surface area (Å²) in [5, 5.41) is 4.16. The van der Waals surface area contributed by atoms with Gasteiger partial charge in [-0.15, -0.1) is 0 Å². The van der Waals surface area contributed by atoms with E-state index in [1.807, 2.05) is 18.2 Å². The van der Waals surface area contributed by atoms with Crippen molar-refractivity contribution in [2.45, 2.75) is 6.04 Å². The molecule has 4 heterocycles. The Balaban J connectivity index is 0.000000158. The second-order valence-corrected chi connectivity index (χ2v) is 8.59. The van der Waals surface area contributed by atoms with Gasteiger partial charge in [-0.3, -0.25) is 14.5 Å². The third-order valence-electron chi connectivity index (χ3n) is 5.95. The fourth-order valence-electron chi connectivity index (χ4n) is 4.20. The quantitative estimate of drug-likeness (QED) is 0.561. The molecule has 0 radical (unpaired) electrons. The summed E-state index contributed by atoms with van der Waals surface area (Å²) in [4.78, 5) is 41.2. The summed E-state index contributed by atoms with van der Waals surface area (Å²) in [5.41, 5.74) is 2.91. The lowest BCUT2D eigenvalue weighted by molar-refractivity contribution is -0.125. The van der Waals surface area contributed by atoms with E-state index in [2.05, 4.69) is 10.3 Å². The number of aromatic nitrogens is 1. The molecule has 11 heteroatoms. The van der Waals surface area contributed by atoms with E-state index < -0.39 is 0 Å². The van der Waals surface area contributed by atoms with Crippen LogP contribution in [0.4, 0.5) is 16.2 Å². The highest BCUT2D eigenvalue weighted by molar-refractivity contribution is 6.31. The van der Waals surface area contributed by atoms with Gasteiger partial charge in [0.25, 0.3) is 11.8 Å². The van der Waals surface area contributed by atoms with Crippen molar-refractivity contribution < 1.29 is 28.6 Å². The maximum absolute atomic E-state index is 11.9. The molecular formula is C24H23ClN4O6. The van der Waals surface area contributed by atoms with Gasteiger partial charge in [0.05, 0.1) is 12.3 Å². The van der Waals surface area contributed by atoms with E-state index in [9.17, 15) is 14.4 Å². The van der Waals surface area contributed by atoms with Crippen LogP contribution in [-0.4, -0.2) is 69.0 Å². The molecule has 1 unspecified atom stereocenters. The van der Waals surface area contributed by atoms with Crippen molar-refractivity contribution in [3.8, 4) is 5.75 Å². The van der Waals surface area contributed by atoms with Crippen molar-refractivity contribution in [3.05, 3.63) is 53.2 Å². The molecule has 3 aliphatic heterocycles. The van der Waals surface area contributed by atoms with Crippen LogP contribution >= 0.6 is 11.6 Å². The van der Waals surface area contributed by atoms with Crippen molar-refractivity contribution in [2.75, 3.05) is 49.8 Å². The third-order valence-corrected chi connectivity index (χ3v) is 6.18. The molecule has 2 saturated heterocycles.